The van der Waals surface area contributed by atoms with Crippen LogP contribution in [0.4, 0.5) is 5.69 Å². The van der Waals surface area contributed by atoms with Crippen LogP contribution in [0.15, 0.2) is 35.3 Å². The van der Waals surface area contributed by atoms with Crippen LogP contribution in [0.5, 0.6) is 5.88 Å². The van der Waals surface area contributed by atoms with E-state index in [4.69, 9.17) is 22.1 Å². The number of aromatic nitrogens is 1. The number of carbonyl (C=O) groups is 2. The number of thiazole rings is 1. The van der Waals surface area contributed by atoms with Crippen LogP contribution in [0, 0.1) is 3.95 Å². The van der Waals surface area contributed by atoms with E-state index in [1.165, 1.54) is 7.11 Å². The van der Waals surface area contributed by atoms with E-state index in [2.05, 4.69) is 4.99 Å². The Hall–Kier alpha value is -3.04. The number of allylic oxidation sites excluding steroid dienone is 3. The number of hydrogen-bond donors (Lipinski definition) is 2. The Morgan fingerprint density at radius 3 is 2.89 bits per heavy atom. The maximum Gasteiger partial charge on any atom is 0.337 e. The molecule has 2 heterocycles. The second kappa shape index (κ2) is 7.68. The standard InChI is InChI=1S/C18H14N2O5S2/c1-25-17(24)10-5-6-12-11(8-19-13(12)7-10)3-2-4-14-16(23)20(9-15(21)22)18(26)27-14/h2-8,23H,9H2,1H3,(H,21,22)/b4-2+,11-3+. The highest BCUT2D eigenvalue weighted by Gasteiger charge is 2.15. The van der Waals surface area contributed by atoms with Crippen LogP contribution >= 0.6 is 23.6 Å². The Kier molecular flexibility index (Phi) is 5.33. The number of carboxylic acids is 1. The number of esters is 1. The van der Waals surface area contributed by atoms with Crippen molar-refractivity contribution in [3.63, 3.8) is 0 Å². The number of aromatic hydroxyl groups is 1. The summed E-state index contributed by atoms with van der Waals surface area (Å²) in [5.41, 5.74) is 2.80. The van der Waals surface area contributed by atoms with Gasteiger partial charge in [-0.15, -0.1) is 11.3 Å². The molecule has 0 aliphatic carbocycles. The quantitative estimate of drug-likeness (QED) is 0.585. The SMILES string of the molecule is COC(=O)c1ccc2c(c1)N=C/C2=C\C=C\c1sc(=S)n(CC(=O)O)c1O. The van der Waals surface area contributed by atoms with Gasteiger partial charge < -0.3 is 14.9 Å². The van der Waals surface area contributed by atoms with Crippen LogP contribution in [0.25, 0.3) is 11.6 Å². The molecule has 0 saturated carbocycles. The lowest BCUT2D eigenvalue weighted by Gasteiger charge is -2.02. The first-order valence-electron chi connectivity index (χ1n) is 7.70. The molecule has 2 aromatic rings. The number of aliphatic imine (C=N–C) groups is 1. The van der Waals surface area contributed by atoms with Crippen LogP contribution < -0.4 is 0 Å². The zero-order valence-electron chi connectivity index (χ0n) is 14.1. The molecule has 0 spiro atoms. The normalized spacial score (nSPS) is 14.0. The number of hydrogen-bond acceptors (Lipinski definition) is 7. The average Bonchev–Trinajstić information content (AvgIpc) is 3.16. The molecule has 0 amide bonds. The molecule has 7 nitrogen and oxygen atoms in total. The largest absolute Gasteiger partial charge is 0.493 e. The minimum absolute atomic E-state index is 0.176. The third-order valence-corrected chi connectivity index (χ3v) is 5.19. The lowest BCUT2D eigenvalue weighted by atomic mass is 10.0. The molecule has 0 radical (unpaired) electrons. The lowest BCUT2D eigenvalue weighted by Crippen LogP contribution is -2.07. The molecule has 1 aromatic carbocycles. The summed E-state index contributed by atoms with van der Waals surface area (Å²) in [7, 11) is 1.32. The fourth-order valence-corrected chi connectivity index (χ4v) is 3.72. The Balaban J connectivity index is 1.83. The summed E-state index contributed by atoms with van der Waals surface area (Å²) in [6.45, 7) is -0.390. The van der Waals surface area contributed by atoms with Crippen LogP contribution in [0.2, 0.25) is 0 Å². The number of aliphatic carboxylic acids is 1. The summed E-state index contributed by atoms with van der Waals surface area (Å²) >= 11 is 6.20. The maximum atomic E-state index is 11.6. The molecule has 0 saturated heterocycles. The number of carboxylic acid groups (broad SMARTS) is 1. The topological polar surface area (TPSA) is 101 Å². The number of ether oxygens (including phenoxy) is 1. The van der Waals surface area contributed by atoms with E-state index < -0.39 is 18.5 Å². The zero-order valence-corrected chi connectivity index (χ0v) is 15.7. The van der Waals surface area contributed by atoms with Crippen LogP contribution in [-0.2, 0) is 16.1 Å². The molecular formula is C18H14N2O5S2. The number of nitrogens with zero attached hydrogens (tertiary/aromatic N) is 2. The molecule has 138 valence electrons. The molecule has 1 aromatic heterocycles. The van der Waals surface area contributed by atoms with Crippen LogP contribution in [0.3, 0.4) is 0 Å². The molecule has 0 bridgehead atoms. The third-order valence-electron chi connectivity index (χ3n) is 3.78. The number of benzene rings is 1. The highest BCUT2D eigenvalue weighted by atomic mass is 32.1. The zero-order chi connectivity index (χ0) is 19.6. The predicted molar refractivity (Wildman–Crippen MR) is 105 cm³/mol. The molecule has 2 N–H and O–H groups in total. The summed E-state index contributed by atoms with van der Waals surface area (Å²) in [4.78, 5) is 27.2. The Labute approximate surface area is 163 Å². The van der Waals surface area contributed by atoms with Crippen molar-refractivity contribution in [2.24, 2.45) is 4.99 Å². The minimum atomic E-state index is -1.08. The summed E-state index contributed by atoms with van der Waals surface area (Å²) in [6, 6.07) is 5.12. The van der Waals surface area contributed by atoms with Gasteiger partial charge in [0.05, 0.1) is 23.2 Å². The first kappa shape index (κ1) is 18.7. The fourth-order valence-electron chi connectivity index (χ4n) is 2.51. The van der Waals surface area contributed by atoms with Crippen molar-refractivity contribution in [3.8, 4) is 5.88 Å². The summed E-state index contributed by atoms with van der Waals surface area (Å²) in [5, 5.41) is 19.0. The smallest absolute Gasteiger partial charge is 0.337 e. The molecule has 0 unspecified atom stereocenters. The van der Waals surface area contributed by atoms with E-state index >= 15 is 0 Å². The van der Waals surface area contributed by atoms with Crippen molar-refractivity contribution in [2.45, 2.75) is 6.54 Å². The number of methoxy groups -OCH3 is 1. The molecule has 0 atom stereocenters. The van der Waals surface area contributed by atoms with Crippen molar-refractivity contribution >= 4 is 59.0 Å². The third kappa shape index (κ3) is 3.88. The number of fused-ring (bicyclic) bond motifs is 1. The first-order chi connectivity index (χ1) is 12.9. The molecule has 0 fully saturated rings. The Morgan fingerprint density at radius 2 is 2.19 bits per heavy atom. The number of rotatable bonds is 5. The van der Waals surface area contributed by atoms with Gasteiger partial charge in [0.25, 0.3) is 0 Å². The highest BCUT2D eigenvalue weighted by Crippen LogP contribution is 2.33. The second-order valence-electron chi connectivity index (χ2n) is 5.50. The maximum absolute atomic E-state index is 11.6. The number of carbonyl (C=O) groups excluding carboxylic acids is 1. The van der Waals surface area contributed by atoms with Gasteiger partial charge in [-0.3, -0.25) is 14.4 Å². The van der Waals surface area contributed by atoms with E-state index in [1.54, 1.807) is 42.6 Å². The second-order valence-corrected chi connectivity index (χ2v) is 7.17. The van der Waals surface area contributed by atoms with E-state index in [1.807, 2.05) is 0 Å². The van der Waals surface area contributed by atoms with Crippen molar-refractivity contribution in [1.29, 1.82) is 0 Å². The Morgan fingerprint density at radius 1 is 1.41 bits per heavy atom. The summed E-state index contributed by atoms with van der Waals surface area (Å²) < 4.78 is 6.14. The molecule has 9 heteroatoms. The molecular weight excluding hydrogens is 388 g/mol. The van der Waals surface area contributed by atoms with Crippen LogP contribution in [-0.4, -0.2) is 40.0 Å². The first-order valence-corrected chi connectivity index (χ1v) is 8.92. The van der Waals surface area contributed by atoms with Gasteiger partial charge in [0.1, 0.15) is 6.54 Å². The fraction of sp³-hybridized carbons (Fsp3) is 0.111. The van der Waals surface area contributed by atoms with Gasteiger partial charge in [0.2, 0.25) is 5.88 Å². The summed E-state index contributed by atoms with van der Waals surface area (Å²) in [5.74, 6) is -1.68. The average molecular weight is 402 g/mol. The Bertz CT molecular complexity index is 1080. The van der Waals surface area contributed by atoms with Gasteiger partial charge in [-0.2, -0.15) is 0 Å². The van der Waals surface area contributed by atoms with Gasteiger partial charge in [-0.25, -0.2) is 4.79 Å². The molecule has 1 aliphatic heterocycles. The van der Waals surface area contributed by atoms with E-state index in [9.17, 15) is 14.7 Å². The molecule has 27 heavy (non-hydrogen) atoms. The van der Waals surface area contributed by atoms with Crippen molar-refractivity contribution in [1.82, 2.24) is 4.57 Å². The lowest BCUT2D eigenvalue weighted by molar-refractivity contribution is -0.137. The van der Waals surface area contributed by atoms with Gasteiger partial charge in [0.15, 0.2) is 3.95 Å². The van der Waals surface area contributed by atoms with Gasteiger partial charge >= 0.3 is 11.9 Å². The van der Waals surface area contributed by atoms with E-state index in [0.717, 1.165) is 27.0 Å². The highest BCUT2D eigenvalue weighted by molar-refractivity contribution is 7.73. The van der Waals surface area contributed by atoms with E-state index in [-0.39, 0.29) is 9.83 Å². The van der Waals surface area contributed by atoms with Gasteiger partial charge in [0, 0.05) is 17.4 Å². The predicted octanol–water partition coefficient (Wildman–Crippen LogP) is 3.67. The molecule has 3 rings (SSSR count). The van der Waals surface area contributed by atoms with Crippen molar-refractivity contribution in [2.75, 3.05) is 7.11 Å². The van der Waals surface area contributed by atoms with Gasteiger partial charge in [-0.05, 0) is 30.4 Å². The van der Waals surface area contributed by atoms with Crippen molar-refractivity contribution < 1.29 is 24.5 Å². The summed E-state index contributed by atoms with van der Waals surface area (Å²) in [6.07, 6.45) is 6.84. The van der Waals surface area contributed by atoms with Crippen LogP contribution in [0.1, 0.15) is 20.8 Å². The van der Waals surface area contributed by atoms with Gasteiger partial charge in [-0.1, -0.05) is 18.2 Å². The monoisotopic (exact) mass is 402 g/mol. The van der Waals surface area contributed by atoms with E-state index in [0.29, 0.717) is 16.1 Å². The minimum Gasteiger partial charge on any atom is -0.493 e. The molecule has 1 aliphatic rings. The van der Waals surface area contributed by atoms with Crippen molar-refractivity contribution in [3.05, 3.63) is 50.3 Å².